The van der Waals surface area contributed by atoms with E-state index in [2.05, 4.69) is 5.10 Å². The minimum atomic E-state index is -0.126. The maximum atomic E-state index is 7.52. The summed E-state index contributed by atoms with van der Waals surface area (Å²) < 4.78 is 7.39. The van der Waals surface area contributed by atoms with E-state index in [0.717, 1.165) is 6.54 Å². The third kappa shape index (κ3) is 2.46. The lowest BCUT2D eigenvalue weighted by Crippen LogP contribution is -2.13. The molecule has 1 aromatic carbocycles. The summed E-state index contributed by atoms with van der Waals surface area (Å²) in [6.45, 7) is 2.75. The van der Waals surface area contributed by atoms with E-state index in [1.54, 1.807) is 35.3 Å². The third-order valence-electron chi connectivity index (χ3n) is 2.41. The van der Waals surface area contributed by atoms with E-state index in [1.807, 2.05) is 6.92 Å². The number of rotatable bonds is 4. The summed E-state index contributed by atoms with van der Waals surface area (Å²) in [6.07, 6.45) is 3.37. The van der Waals surface area contributed by atoms with Crippen molar-refractivity contribution in [1.29, 1.82) is 5.41 Å². The van der Waals surface area contributed by atoms with Gasteiger partial charge in [-0.25, -0.2) is 0 Å². The number of benzene rings is 1. The number of aromatic nitrogens is 2. The molecule has 0 unspecified atom stereocenters. The summed E-state index contributed by atoms with van der Waals surface area (Å²) in [5.74, 6) is 0.908. The Balaban J connectivity index is 2.34. The molecule has 0 saturated heterocycles. The van der Waals surface area contributed by atoms with Gasteiger partial charge in [0.2, 0.25) is 0 Å². The van der Waals surface area contributed by atoms with Gasteiger partial charge in [0, 0.05) is 6.54 Å². The Hall–Kier alpha value is -2.01. The van der Waals surface area contributed by atoms with E-state index in [9.17, 15) is 0 Å². The lowest BCUT2D eigenvalue weighted by molar-refractivity contribution is 0.480. The molecule has 0 saturated carbocycles. The number of nitrogens with one attached hydrogen (secondary N) is 1. The maximum absolute atomic E-state index is 7.52. The number of hydrogen-bond donors (Lipinski definition) is 2. The number of nitrogens with zero attached hydrogens (tertiary/aromatic N) is 2. The molecular weight excluding hydrogens is 252 g/mol. The largest absolute Gasteiger partial charge is 0.453 e. The quantitative estimate of drug-likeness (QED) is 0.658. The van der Waals surface area contributed by atoms with Gasteiger partial charge in [0.05, 0.1) is 23.0 Å². The zero-order valence-corrected chi connectivity index (χ0v) is 10.6. The molecule has 0 aliphatic carbocycles. The van der Waals surface area contributed by atoms with Crippen molar-refractivity contribution in [2.75, 3.05) is 0 Å². The second-order valence-corrected chi connectivity index (χ2v) is 4.07. The number of nitrogens with two attached hydrogens (primary N) is 1. The van der Waals surface area contributed by atoms with E-state index in [-0.39, 0.29) is 5.84 Å². The molecule has 0 radical (unpaired) electrons. The molecule has 0 aliphatic heterocycles. The molecule has 2 rings (SSSR count). The molecule has 3 N–H and O–H groups in total. The van der Waals surface area contributed by atoms with Gasteiger partial charge in [0.25, 0.3) is 0 Å². The van der Waals surface area contributed by atoms with Crippen LogP contribution in [0, 0.1) is 5.41 Å². The zero-order valence-electron chi connectivity index (χ0n) is 9.85. The van der Waals surface area contributed by atoms with Gasteiger partial charge in [-0.1, -0.05) is 17.7 Å². The monoisotopic (exact) mass is 264 g/mol. The molecule has 18 heavy (non-hydrogen) atoms. The van der Waals surface area contributed by atoms with E-state index in [4.69, 9.17) is 27.5 Å². The van der Waals surface area contributed by atoms with Crippen molar-refractivity contribution in [2.24, 2.45) is 5.73 Å². The van der Waals surface area contributed by atoms with Crippen molar-refractivity contribution in [1.82, 2.24) is 9.78 Å². The van der Waals surface area contributed by atoms with Gasteiger partial charge in [0.15, 0.2) is 5.75 Å². The Morgan fingerprint density at radius 2 is 2.33 bits per heavy atom. The zero-order chi connectivity index (χ0) is 13.1. The smallest absolute Gasteiger partial charge is 0.165 e. The number of ether oxygens (including phenoxy) is 1. The SMILES string of the molecule is CCn1cc(Oc2cccc(Cl)c2C(=N)N)cn1. The highest BCUT2D eigenvalue weighted by Crippen LogP contribution is 2.29. The molecule has 0 bridgehead atoms. The minimum absolute atomic E-state index is 0.126. The normalized spacial score (nSPS) is 10.3. The first-order chi connectivity index (χ1) is 8.61. The van der Waals surface area contributed by atoms with Crippen LogP contribution in [-0.2, 0) is 6.54 Å². The molecule has 0 atom stereocenters. The third-order valence-corrected chi connectivity index (χ3v) is 2.72. The molecule has 0 spiro atoms. The molecule has 1 aromatic heterocycles. The number of amidine groups is 1. The summed E-state index contributed by atoms with van der Waals surface area (Å²) >= 11 is 6.00. The molecule has 2 aromatic rings. The first-order valence-corrected chi connectivity index (χ1v) is 5.82. The highest BCUT2D eigenvalue weighted by atomic mass is 35.5. The Morgan fingerprint density at radius 3 is 2.94 bits per heavy atom. The van der Waals surface area contributed by atoms with Crippen molar-refractivity contribution in [3.63, 3.8) is 0 Å². The Bertz CT molecular complexity index is 579. The van der Waals surface area contributed by atoms with Crippen molar-refractivity contribution in [3.8, 4) is 11.5 Å². The number of halogens is 1. The fourth-order valence-corrected chi connectivity index (χ4v) is 1.82. The van der Waals surface area contributed by atoms with E-state index < -0.39 is 0 Å². The molecule has 1 heterocycles. The molecule has 0 amide bonds. The first kappa shape index (κ1) is 12.4. The van der Waals surface area contributed by atoms with Crippen molar-refractivity contribution < 1.29 is 4.74 Å². The lowest BCUT2D eigenvalue weighted by Gasteiger charge is -2.09. The van der Waals surface area contributed by atoms with Crippen molar-refractivity contribution in [3.05, 3.63) is 41.2 Å². The van der Waals surface area contributed by atoms with Gasteiger partial charge in [-0.3, -0.25) is 10.1 Å². The van der Waals surface area contributed by atoms with Crippen LogP contribution in [-0.4, -0.2) is 15.6 Å². The summed E-state index contributed by atoms with van der Waals surface area (Å²) in [6, 6.07) is 5.13. The van der Waals surface area contributed by atoms with Gasteiger partial charge in [-0.15, -0.1) is 0 Å². The van der Waals surface area contributed by atoms with E-state index >= 15 is 0 Å². The predicted octanol–water partition coefficient (Wildman–Crippen LogP) is 2.63. The van der Waals surface area contributed by atoms with Crippen molar-refractivity contribution >= 4 is 17.4 Å². The maximum Gasteiger partial charge on any atom is 0.165 e. The summed E-state index contributed by atoms with van der Waals surface area (Å²) in [5, 5.41) is 12.0. The van der Waals surface area contributed by atoms with Crippen LogP contribution in [0.25, 0.3) is 0 Å². The van der Waals surface area contributed by atoms with E-state index in [1.165, 1.54) is 0 Å². The fraction of sp³-hybridized carbons (Fsp3) is 0.167. The highest BCUT2D eigenvalue weighted by molar-refractivity contribution is 6.34. The van der Waals surface area contributed by atoms with Crippen LogP contribution in [0.3, 0.4) is 0 Å². The molecule has 0 aliphatic rings. The van der Waals surface area contributed by atoms with Crippen LogP contribution in [0.15, 0.2) is 30.6 Å². The Morgan fingerprint density at radius 1 is 1.56 bits per heavy atom. The summed E-state index contributed by atoms with van der Waals surface area (Å²) in [4.78, 5) is 0. The second-order valence-electron chi connectivity index (χ2n) is 3.66. The van der Waals surface area contributed by atoms with Crippen LogP contribution < -0.4 is 10.5 Å². The number of nitrogen functional groups attached to an aromatic ring is 1. The van der Waals surface area contributed by atoms with Crippen LogP contribution in [0.1, 0.15) is 12.5 Å². The van der Waals surface area contributed by atoms with Crippen molar-refractivity contribution in [2.45, 2.75) is 13.5 Å². The summed E-state index contributed by atoms with van der Waals surface area (Å²) in [5.41, 5.74) is 5.89. The first-order valence-electron chi connectivity index (χ1n) is 5.45. The Labute approximate surface area is 110 Å². The van der Waals surface area contributed by atoms with Crippen LogP contribution in [0.2, 0.25) is 5.02 Å². The van der Waals surface area contributed by atoms with Crippen LogP contribution >= 0.6 is 11.6 Å². The predicted molar refractivity (Wildman–Crippen MR) is 70.4 cm³/mol. The molecule has 5 nitrogen and oxygen atoms in total. The van der Waals surface area contributed by atoms with Gasteiger partial charge in [-0.2, -0.15) is 5.10 Å². The molecular formula is C12H13ClN4O. The average molecular weight is 265 g/mol. The van der Waals surface area contributed by atoms with E-state index in [0.29, 0.717) is 22.1 Å². The van der Waals surface area contributed by atoms with Crippen LogP contribution in [0.5, 0.6) is 11.5 Å². The number of hydrogen-bond acceptors (Lipinski definition) is 3. The standard InChI is InChI=1S/C12H13ClN4O/c1-2-17-7-8(6-16-17)18-10-5-3-4-9(13)11(10)12(14)15/h3-7H,2H2,1H3,(H3,14,15). The highest BCUT2D eigenvalue weighted by Gasteiger charge is 2.12. The van der Waals surface area contributed by atoms with Crippen LogP contribution in [0.4, 0.5) is 0 Å². The van der Waals surface area contributed by atoms with Gasteiger partial charge >= 0.3 is 0 Å². The Kier molecular flexibility index (Phi) is 3.53. The van der Waals surface area contributed by atoms with Gasteiger partial charge in [-0.05, 0) is 19.1 Å². The molecule has 94 valence electrons. The number of aryl methyl sites for hydroxylation is 1. The molecule has 6 heteroatoms. The average Bonchev–Trinajstić information content (AvgIpc) is 2.76. The minimum Gasteiger partial charge on any atom is -0.453 e. The van der Waals surface area contributed by atoms with Gasteiger partial charge < -0.3 is 10.5 Å². The fourth-order valence-electron chi connectivity index (χ4n) is 1.55. The lowest BCUT2D eigenvalue weighted by atomic mass is 10.2. The topological polar surface area (TPSA) is 76.9 Å². The van der Waals surface area contributed by atoms with Gasteiger partial charge in [0.1, 0.15) is 11.6 Å². The summed E-state index contributed by atoms with van der Waals surface area (Å²) in [7, 11) is 0. The molecule has 0 fully saturated rings. The second kappa shape index (κ2) is 5.10.